The van der Waals surface area contributed by atoms with Gasteiger partial charge in [0.15, 0.2) is 0 Å². The first-order valence-electron chi connectivity index (χ1n) is 6.36. The Balaban J connectivity index is 2.36. The highest BCUT2D eigenvalue weighted by molar-refractivity contribution is 5.79. The summed E-state index contributed by atoms with van der Waals surface area (Å²) >= 11 is 0. The molecule has 0 aliphatic carbocycles. The molecule has 104 valence electrons. The first-order valence-corrected chi connectivity index (χ1v) is 6.36. The fourth-order valence-electron chi connectivity index (χ4n) is 2.13. The van der Waals surface area contributed by atoms with Crippen LogP contribution in [0.2, 0.25) is 0 Å². The Kier molecular flexibility index (Phi) is 6.07. The monoisotopic (exact) mass is 258 g/mol. The predicted molar refractivity (Wildman–Crippen MR) is 66.2 cm³/mol. The lowest BCUT2D eigenvalue weighted by Gasteiger charge is -2.18. The van der Waals surface area contributed by atoms with Crippen molar-refractivity contribution in [3.63, 3.8) is 0 Å². The standard InChI is InChI=1S/C12H22N2O4/c1-3-18-9(4-11(15)16)6-14-12(17)10-7-13-5-8(10)2/h8-10,13H,3-7H2,1-2H3,(H,14,17)(H,15,16). The first kappa shape index (κ1) is 14.9. The molecule has 0 aromatic heterocycles. The Bertz CT molecular complexity index is 296. The molecule has 3 N–H and O–H groups in total. The van der Waals surface area contributed by atoms with Crippen LogP contribution in [-0.4, -0.2) is 49.3 Å². The third-order valence-electron chi connectivity index (χ3n) is 3.16. The van der Waals surface area contributed by atoms with Gasteiger partial charge in [-0.1, -0.05) is 6.92 Å². The molecule has 1 aliphatic heterocycles. The summed E-state index contributed by atoms with van der Waals surface area (Å²) in [6.45, 7) is 6.06. The summed E-state index contributed by atoms with van der Waals surface area (Å²) in [6.07, 6.45) is -0.548. The molecular formula is C12H22N2O4. The van der Waals surface area contributed by atoms with Crippen LogP contribution in [-0.2, 0) is 14.3 Å². The lowest BCUT2D eigenvalue weighted by molar-refractivity contribution is -0.140. The van der Waals surface area contributed by atoms with Crippen LogP contribution in [0.1, 0.15) is 20.3 Å². The molecule has 0 aromatic carbocycles. The van der Waals surface area contributed by atoms with Crippen LogP contribution in [0.15, 0.2) is 0 Å². The minimum atomic E-state index is -0.918. The van der Waals surface area contributed by atoms with E-state index >= 15 is 0 Å². The van der Waals surface area contributed by atoms with Gasteiger partial charge in [-0.15, -0.1) is 0 Å². The molecular weight excluding hydrogens is 236 g/mol. The maximum Gasteiger partial charge on any atom is 0.306 e. The molecule has 1 amide bonds. The topological polar surface area (TPSA) is 87.7 Å². The van der Waals surface area contributed by atoms with Crippen molar-refractivity contribution in [2.24, 2.45) is 11.8 Å². The minimum Gasteiger partial charge on any atom is -0.481 e. The average Bonchev–Trinajstić information content (AvgIpc) is 2.71. The molecule has 0 saturated carbocycles. The predicted octanol–water partition coefficient (Wildman–Crippen LogP) is -0.162. The molecule has 1 fully saturated rings. The fraction of sp³-hybridized carbons (Fsp3) is 0.833. The zero-order valence-electron chi connectivity index (χ0n) is 10.9. The molecule has 6 nitrogen and oxygen atoms in total. The van der Waals surface area contributed by atoms with E-state index in [1.165, 1.54) is 0 Å². The molecule has 1 saturated heterocycles. The van der Waals surface area contributed by atoms with Crippen molar-refractivity contribution in [2.75, 3.05) is 26.2 Å². The second kappa shape index (κ2) is 7.33. The van der Waals surface area contributed by atoms with Gasteiger partial charge >= 0.3 is 5.97 Å². The smallest absolute Gasteiger partial charge is 0.306 e. The largest absolute Gasteiger partial charge is 0.481 e. The van der Waals surface area contributed by atoms with E-state index < -0.39 is 12.1 Å². The van der Waals surface area contributed by atoms with Crippen LogP contribution >= 0.6 is 0 Å². The second-order valence-corrected chi connectivity index (χ2v) is 4.66. The van der Waals surface area contributed by atoms with Gasteiger partial charge in [0.2, 0.25) is 5.91 Å². The normalized spacial score (nSPS) is 24.8. The van der Waals surface area contributed by atoms with E-state index in [0.29, 0.717) is 19.1 Å². The highest BCUT2D eigenvalue weighted by Gasteiger charge is 2.29. The molecule has 1 rings (SSSR count). The summed E-state index contributed by atoms with van der Waals surface area (Å²) in [5, 5.41) is 14.7. The van der Waals surface area contributed by atoms with Gasteiger partial charge in [-0.25, -0.2) is 0 Å². The number of carboxylic acid groups (broad SMARTS) is 1. The maximum absolute atomic E-state index is 11.9. The number of nitrogens with one attached hydrogen (secondary N) is 2. The van der Waals surface area contributed by atoms with Crippen LogP contribution in [0.4, 0.5) is 0 Å². The Labute approximate surface area is 107 Å². The minimum absolute atomic E-state index is 0.0254. The zero-order chi connectivity index (χ0) is 13.5. The Morgan fingerprint density at radius 2 is 2.22 bits per heavy atom. The van der Waals surface area contributed by atoms with Crippen LogP contribution in [0, 0.1) is 11.8 Å². The number of hydrogen-bond donors (Lipinski definition) is 3. The quantitative estimate of drug-likeness (QED) is 0.590. The Morgan fingerprint density at radius 1 is 1.50 bits per heavy atom. The van der Waals surface area contributed by atoms with E-state index in [4.69, 9.17) is 9.84 Å². The zero-order valence-corrected chi connectivity index (χ0v) is 10.9. The summed E-state index contributed by atoms with van der Waals surface area (Å²) in [4.78, 5) is 22.5. The van der Waals surface area contributed by atoms with E-state index in [-0.39, 0.29) is 24.8 Å². The first-order chi connectivity index (χ1) is 8.54. The lowest BCUT2D eigenvalue weighted by atomic mass is 9.97. The van der Waals surface area contributed by atoms with Gasteiger partial charge in [0, 0.05) is 19.7 Å². The summed E-state index contributed by atoms with van der Waals surface area (Å²) in [5.41, 5.74) is 0. The summed E-state index contributed by atoms with van der Waals surface area (Å²) in [6, 6.07) is 0. The number of ether oxygens (including phenoxy) is 1. The molecule has 18 heavy (non-hydrogen) atoms. The van der Waals surface area contributed by atoms with Crippen LogP contribution in [0.5, 0.6) is 0 Å². The summed E-state index contributed by atoms with van der Waals surface area (Å²) in [7, 11) is 0. The molecule has 1 aliphatic rings. The molecule has 3 unspecified atom stereocenters. The summed E-state index contributed by atoms with van der Waals surface area (Å²) < 4.78 is 5.28. The molecule has 0 spiro atoms. The molecule has 6 heteroatoms. The fourth-order valence-corrected chi connectivity index (χ4v) is 2.13. The lowest BCUT2D eigenvalue weighted by Crippen LogP contribution is -2.40. The van der Waals surface area contributed by atoms with Crippen molar-refractivity contribution in [1.29, 1.82) is 0 Å². The van der Waals surface area contributed by atoms with Gasteiger partial charge in [-0.05, 0) is 19.4 Å². The number of carbonyl (C=O) groups excluding carboxylic acids is 1. The van der Waals surface area contributed by atoms with E-state index in [1.807, 2.05) is 6.92 Å². The highest BCUT2D eigenvalue weighted by atomic mass is 16.5. The molecule has 0 bridgehead atoms. The Morgan fingerprint density at radius 3 is 2.72 bits per heavy atom. The summed E-state index contributed by atoms with van der Waals surface area (Å²) in [5.74, 6) is -0.659. The highest BCUT2D eigenvalue weighted by Crippen LogP contribution is 2.15. The maximum atomic E-state index is 11.9. The number of amides is 1. The van der Waals surface area contributed by atoms with Crippen LogP contribution in [0.25, 0.3) is 0 Å². The molecule has 0 aromatic rings. The average molecular weight is 258 g/mol. The van der Waals surface area contributed by atoms with Gasteiger partial charge in [-0.2, -0.15) is 0 Å². The number of rotatable bonds is 7. The van der Waals surface area contributed by atoms with Crippen molar-refractivity contribution in [3.05, 3.63) is 0 Å². The van der Waals surface area contributed by atoms with Gasteiger partial charge in [0.05, 0.1) is 18.4 Å². The van der Waals surface area contributed by atoms with Crippen LogP contribution in [0.3, 0.4) is 0 Å². The Hall–Kier alpha value is -1.14. The number of aliphatic carboxylic acids is 1. The van der Waals surface area contributed by atoms with E-state index in [0.717, 1.165) is 6.54 Å². The van der Waals surface area contributed by atoms with Gasteiger partial charge < -0.3 is 20.5 Å². The number of carboxylic acids is 1. The third-order valence-corrected chi connectivity index (χ3v) is 3.16. The number of hydrogen-bond acceptors (Lipinski definition) is 4. The van der Waals surface area contributed by atoms with E-state index in [1.54, 1.807) is 6.92 Å². The molecule has 1 heterocycles. The number of carbonyl (C=O) groups is 2. The van der Waals surface area contributed by atoms with Crippen molar-refractivity contribution in [3.8, 4) is 0 Å². The molecule has 0 radical (unpaired) electrons. The van der Waals surface area contributed by atoms with Crippen molar-refractivity contribution in [2.45, 2.75) is 26.4 Å². The van der Waals surface area contributed by atoms with E-state index in [2.05, 4.69) is 10.6 Å². The van der Waals surface area contributed by atoms with Gasteiger partial charge in [0.25, 0.3) is 0 Å². The van der Waals surface area contributed by atoms with Crippen molar-refractivity contribution in [1.82, 2.24) is 10.6 Å². The van der Waals surface area contributed by atoms with Gasteiger partial charge in [-0.3, -0.25) is 9.59 Å². The van der Waals surface area contributed by atoms with E-state index in [9.17, 15) is 9.59 Å². The van der Waals surface area contributed by atoms with Crippen LogP contribution < -0.4 is 10.6 Å². The van der Waals surface area contributed by atoms with Crippen molar-refractivity contribution >= 4 is 11.9 Å². The SMILES string of the molecule is CCOC(CNC(=O)C1CNCC1C)CC(=O)O. The second-order valence-electron chi connectivity index (χ2n) is 4.66. The van der Waals surface area contributed by atoms with Crippen molar-refractivity contribution < 1.29 is 19.4 Å². The third kappa shape index (κ3) is 4.62. The molecule has 3 atom stereocenters. The van der Waals surface area contributed by atoms with Gasteiger partial charge in [0.1, 0.15) is 0 Å².